The van der Waals surface area contributed by atoms with Crippen molar-refractivity contribution in [3.63, 3.8) is 0 Å². The fraction of sp³-hybridized carbons (Fsp3) is 0.333. The summed E-state index contributed by atoms with van der Waals surface area (Å²) in [4.78, 5) is 11.8. The van der Waals surface area contributed by atoms with Gasteiger partial charge in [-0.1, -0.05) is 6.07 Å². The Labute approximate surface area is 81.7 Å². The van der Waals surface area contributed by atoms with Crippen LogP contribution in [0.15, 0.2) is 18.2 Å². The Hall–Kier alpha value is -1.62. The van der Waals surface area contributed by atoms with Gasteiger partial charge in [0.05, 0.1) is 4.92 Å². The quantitative estimate of drug-likeness (QED) is 0.585. The molecule has 0 aromatic heterocycles. The normalized spacial score (nSPS) is 10.5. The van der Waals surface area contributed by atoms with Crippen LogP contribution in [-0.4, -0.2) is 29.0 Å². The Morgan fingerprint density at radius 3 is 2.64 bits per heavy atom. The number of benzene rings is 1. The standard InChI is InChI=1S/C9H12N2O3/c1-10(2)6-7-3-4-9(12)8(5-7)11(13)14/h3-5,12H,6H2,1-2H3. The van der Waals surface area contributed by atoms with Gasteiger partial charge in [0.25, 0.3) is 0 Å². The summed E-state index contributed by atoms with van der Waals surface area (Å²) in [6, 6.07) is 4.40. The van der Waals surface area contributed by atoms with Gasteiger partial charge in [-0.15, -0.1) is 0 Å². The minimum absolute atomic E-state index is 0.246. The van der Waals surface area contributed by atoms with E-state index in [0.717, 1.165) is 5.56 Å². The molecule has 0 aliphatic carbocycles. The molecule has 0 radical (unpaired) electrons. The summed E-state index contributed by atoms with van der Waals surface area (Å²) in [5.74, 6) is -0.294. The molecule has 0 fully saturated rings. The highest BCUT2D eigenvalue weighted by atomic mass is 16.6. The van der Waals surface area contributed by atoms with Crippen LogP contribution >= 0.6 is 0 Å². The largest absolute Gasteiger partial charge is 0.502 e. The van der Waals surface area contributed by atoms with Gasteiger partial charge in [0, 0.05) is 12.6 Å². The maximum atomic E-state index is 10.5. The predicted molar refractivity (Wildman–Crippen MR) is 52.2 cm³/mol. The molecule has 0 saturated carbocycles. The van der Waals surface area contributed by atoms with Crippen LogP contribution in [0.3, 0.4) is 0 Å². The lowest BCUT2D eigenvalue weighted by atomic mass is 10.2. The van der Waals surface area contributed by atoms with Crippen LogP contribution in [0.5, 0.6) is 5.75 Å². The molecule has 1 aromatic carbocycles. The monoisotopic (exact) mass is 196 g/mol. The number of rotatable bonds is 3. The van der Waals surface area contributed by atoms with Crippen molar-refractivity contribution in [1.29, 1.82) is 0 Å². The van der Waals surface area contributed by atoms with Crippen LogP contribution in [0, 0.1) is 10.1 Å². The molecule has 1 aromatic rings. The van der Waals surface area contributed by atoms with Crippen molar-refractivity contribution in [2.45, 2.75) is 6.54 Å². The van der Waals surface area contributed by atoms with E-state index < -0.39 is 4.92 Å². The second-order valence-corrected chi connectivity index (χ2v) is 3.32. The molecule has 0 amide bonds. The first-order valence-corrected chi connectivity index (χ1v) is 4.11. The Bertz CT molecular complexity index is 350. The molecule has 0 spiro atoms. The van der Waals surface area contributed by atoms with Crippen LogP contribution in [0.2, 0.25) is 0 Å². The number of nitro benzene ring substituents is 1. The summed E-state index contributed by atoms with van der Waals surface area (Å²) in [6.45, 7) is 0.612. The van der Waals surface area contributed by atoms with E-state index in [1.54, 1.807) is 6.07 Å². The lowest BCUT2D eigenvalue weighted by Crippen LogP contribution is -2.10. The van der Waals surface area contributed by atoms with Gasteiger partial charge in [0.1, 0.15) is 0 Å². The molecule has 5 nitrogen and oxygen atoms in total. The summed E-state index contributed by atoms with van der Waals surface area (Å²) in [5.41, 5.74) is 0.559. The highest BCUT2D eigenvalue weighted by molar-refractivity contribution is 5.47. The molecular weight excluding hydrogens is 184 g/mol. The topological polar surface area (TPSA) is 66.6 Å². The van der Waals surface area contributed by atoms with Crippen molar-refractivity contribution in [3.05, 3.63) is 33.9 Å². The zero-order valence-electron chi connectivity index (χ0n) is 8.10. The van der Waals surface area contributed by atoms with E-state index >= 15 is 0 Å². The minimum Gasteiger partial charge on any atom is -0.502 e. The number of hydrogen-bond donors (Lipinski definition) is 1. The van der Waals surface area contributed by atoms with E-state index in [-0.39, 0.29) is 11.4 Å². The number of phenols is 1. The van der Waals surface area contributed by atoms with Crippen molar-refractivity contribution in [1.82, 2.24) is 4.90 Å². The van der Waals surface area contributed by atoms with Gasteiger partial charge in [-0.2, -0.15) is 0 Å². The fourth-order valence-electron chi connectivity index (χ4n) is 1.18. The van der Waals surface area contributed by atoms with Crippen molar-refractivity contribution < 1.29 is 10.0 Å². The van der Waals surface area contributed by atoms with E-state index in [4.69, 9.17) is 0 Å². The van der Waals surface area contributed by atoms with Gasteiger partial charge in [-0.05, 0) is 25.7 Å². The molecule has 0 unspecified atom stereocenters. The molecule has 0 bridgehead atoms. The van der Waals surface area contributed by atoms with Gasteiger partial charge >= 0.3 is 5.69 Å². The SMILES string of the molecule is CN(C)Cc1ccc(O)c([N+](=O)[O-])c1. The summed E-state index contributed by atoms with van der Waals surface area (Å²) in [5, 5.41) is 19.7. The van der Waals surface area contributed by atoms with E-state index in [0.29, 0.717) is 6.54 Å². The molecule has 0 heterocycles. The van der Waals surface area contributed by atoms with Crippen LogP contribution in [-0.2, 0) is 6.54 Å². The summed E-state index contributed by atoms with van der Waals surface area (Å²) >= 11 is 0. The van der Waals surface area contributed by atoms with Crippen molar-refractivity contribution >= 4 is 5.69 Å². The maximum absolute atomic E-state index is 10.5. The summed E-state index contributed by atoms with van der Waals surface area (Å²) in [6.07, 6.45) is 0. The lowest BCUT2D eigenvalue weighted by Gasteiger charge is -2.09. The fourth-order valence-corrected chi connectivity index (χ4v) is 1.18. The zero-order valence-corrected chi connectivity index (χ0v) is 8.10. The Balaban J connectivity index is 3.00. The molecule has 0 saturated heterocycles. The van der Waals surface area contributed by atoms with E-state index in [9.17, 15) is 15.2 Å². The number of aromatic hydroxyl groups is 1. The summed E-state index contributed by atoms with van der Waals surface area (Å²) < 4.78 is 0. The molecule has 0 atom stereocenters. The molecule has 1 rings (SSSR count). The predicted octanol–water partition coefficient (Wildman–Crippen LogP) is 1.36. The Morgan fingerprint density at radius 2 is 2.14 bits per heavy atom. The molecule has 76 valence electrons. The smallest absolute Gasteiger partial charge is 0.311 e. The second kappa shape index (κ2) is 4.06. The number of phenolic OH excluding ortho intramolecular Hbond substituents is 1. The summed E-state index contributed by atoms with van der Waals surface area (Å²) in [7, 11) is 3.75. The number of hydrogen-bond acceptors (Lipinski definition) is 4. The first-order chi connectivity index (χ1) is 6.50. The van der Waals surface area contributed by atoms with Gasteiger partial charge < -0.3 is 10.0 Å². The minimum atomic E-state index is -0.589. The van der Waals surface area contributed by atoms with Gasteiger partial charge in [0.15, 0.2) is 5.75 Å². The van der Waals surface area contributed by atoms with Gasteiger partial charge in [-0.3, -0.25) is 10.1 Å². The molecule has 0 aliphatic heterocycles. The first kappa shape index (κ1) is 10.5. The van der Waals surface area contributed by atoms with Crippen molar-refractivity contribution in [2.75, 3.05) is 14.1 Å². The zero-order chi connectivity index (χ0) is 10.7. The molecular formula is C9H12N2O3. The van der Waals surface area contributed by atoms with Crippen LogP contribution in [0.1, 0.15) is 5.56 Å². The third-order valence-electron chi connectivity index (χ3n) is 1.74. The lowest BCUT2D eigenvalue weighted by molar-refractivity contribution is -0.385. The van der Waals surface area contributed by atoms with Gasteiger partial charge in [-0.25, -0.2) is 0 Å². The number of nitrogens with zero attached hydrogens (tertiary/aromatic N) is 2. The van der Waals surface area contributed by atoms with Crippen molar-refractivity contribution in [3.8, 4) is 5.75 Å². The van der Waals surface area contributed by atoms with Crippen LogP contribution in [0.25, 0.3) is 0 Å². The van der Waals surface area contributed by atoms with Gasteiger partial charge in [0.2, 0.25) is 0 Å². The van der Waals surface area contributed by atoms with E-state index in [1.807, 2.05) is 19.0 Å². The first-order valence-electron chi connectivity index (χ1n) is 4.11. The molecule has 1 N–H and O–H groups in total. The second-order valence-electron chi connectivity index (χ2n) is 3.32. The molecule has 5 heteroatoms. The van der Waals surface area contributed by atoms with Crippen molar-refractivity contribution in [2.24, 2.45) is 0 Å². The van der Waals surface area contributed by atoms with E-state index in [2.05, 4.69) is 0 Å². The van der Waals surface area contributed by atoms with Crippen LogP contribution < -0.4 is 0 Å². The molecule has 14 heavy (non-hydrogen) atoms. The average Bonchev–Trinajstić information content (AvgIpc) is 2.07. The third-order valence-corrected chi connectivity index (χ3v) is 1.74. The highest BCUT2D eigenvalue weighted by Crippen LogP contribution is 2.26. The number of nitro groups is 1. The average molecular weight is 196 g/mol. The Morgan fingerprint density at radius 1 is 1.50 bits per heavy atom. The highest BCUT2D eigenvalue weighted by Gasteiger charge is 2.13. The molecule has 0 aliphatic rings. The van der Waals surface area contributed by atoms with Crippen LogP contribution in [0.4, 0.5) is 5.69 Å². The van der Waals surface area contributed by atoms with E-state index in [1.165, 1.54) is 12.1 Å². The third kappa shape index (κ3) is 2.43. The maximum Gasteiger partial charge on any atom is 0.311 e. The Kier molecular flexibility index (Phi) is 3.03.